The fourth-order valence-corrected chi connectivity index (χ4v) is 10.2. The summed E-state index contributed by atoms with van der Waals surface area (Å²) < 4.78 is 0. The lowest BCUT2D eigenvalue weighted by atomic mass is 9.82. The van der Waals surface area contributed by atoms with Gasteiger partial charge in [-0.1, -0.05) is 200 Å². The molecule has 0 radical (unpaired) electrons. The minimum absolute atomic E-state index is 1.12. The molecule has 0 heteroatoms. The van der Waals surface area contributed by atoms with Crippen molar-refractivity contribution >= 4 is 53.9 Å². The molecule has 0 bridgehead atoms. The Kier molecular flexibility index (Phi) is 7.46. The zero-order valence-electron chi connectivity index (χ0n) is 32.0. The lowest BCUT2D eigenvalue weighted by molar-refractivity contribution is 1.02. The van der Waals surface area contributed by atoms with Crippen molar-refractivity contribution in [3.8, 4) is 55.6 Å². The maximum atomic E-state index is 2.44. The summed E-state index contributed by atoms with van der Waals surface area (Å²) in [6.45, 7) is 0. The van der Waals surface area contributed by atoms with Crippen LogP contribution in [0.4, 0.5) is 0 Å². The highest BCUT2D eigenvalue weighted by Gasteiger charge is 2.23. The Morgan fingerprint density at radius 3 is 1.16 bits per heavy atom. The van der Waals surface area contributed by atoms with E-state index in [0.717, 1.165) is 12.8 Å². The number of hydrogen-bond donors (Lipinski definition) is 0. The van der Waals surface area contributed by atoms with Gasteiger partial charge in [0.15, 0.2) is 0 Å². The number of aryl methyl sites for hydroxylation is 2. The van der Waals surface area contributed by atoms with E-state index in [1.54, 1.807) is 0 Å². The molecule has 0 saturated carbocycles. The van der Waals surface area contributed by atoms with Crippen LogP contribution in [0.5, 0.6) is 0 Å². The first-order valence-corrected chi connectivity index (χ1v) is 20.5. The van der Waals surface area contributed by atoms with Crippen LogP contribution in [-0.4, -0.2) is 0 Å². The first-order chi connectivity index (χ1) is 28.8. The zero-order valence-corrected chi connectivity index (χ0v) is 32.0. The van der Waals surface area contributed by atoms with E-state index in [0.29, 0.717) is 0 Å². The topological polar surface area (TPSA) is 0 Å². The fourth-order valence-electron chi connectivity index (χ4n) is 10.2. The second kappa shape index (κ2) is 13.2. The standard InChI is InChI=1S/C58H38/c1-3-14-37(15-4-1)43-33-35-52-53(36-43)58(51-34-32-40-27-26-39-18-13-25-44(51)54(39)40)50-24-12-11-23-49(50)57(52)42-30-28-41(29-31-42)56-47-21-9-7-19-45(47)55(38-16-5-2-6-17-38)46-20-8-10-22-48(46)56/h1-25,28-36H,26-27H2. The van der Waals surface area contributed by atoms with E-state index >= 15 is 0 Å². The van der Waals surface area contributed by atoms with Crippen LogP contribution in [-0.2, 0) is 12.8 Å². The van der Waals surface area contributed by atoms with Crippen LogP contribution in [0.25, 0.3) is 109 Å². The molecular weight excluding hydrogens is 697 g/mol. The van der Waals surface area contributed by atoms with Gasteiger partial charge in [0.2, 0.25) is 0 Å². The highest BCUT2D eigenvalue weighted by Crippen LogP contribution is 2.49. The molecule has 58 heavy (non-hydrogen) atoms. The molecule has 0 aliphatic heterocycles. The van der Waals surface area contributed by atoms with Gasteiger partial charge in [-0.15, -0.1) is 0 Å². The lowest BCUT2D eigenvalue weighted by Crippen LogP contribution is -1.93. The van der Waals surface area contributed by atoms with Crippen LogP contribution in [0.2, 0.25) is 0 Å². The average Bonchev–Trinajstić information content (AvgIpc) is 3.72. The van der Waals surface area contributed by atoms with E-state index in [9.17, 15) is 0 Å². The first-order valence-electron chi connectivity index (χ1n) is 20.5. The van der Waals surface area contributed by atoms with Crippen LogP contribution >= 0.6 is 0 Å². The van der Waals surface area contributed by atoms with E-state index in [1.165, 1.54) is 121 Å². The van der Waals surface area contributed by atoms with Gasteiger partial charge in [-0.05, 0) is 140 Å². The quantitative estimate of drug-likeness (QED) is 0.154. The Bertz CT molecular complexity index is 3340. The van der Waals surface area contributed by atoms with Crippen molar-refractivity contribution < 1.29 is 0 Å². The van der Waals surface area contributed by atoms with Gasteiger partial charge < -0.3 is 0 Å². The molecule has 1 aliphatic rings. The summed E-state index contributed by atoms with van der Waals surface area (Å²) in [5, 5.41) is 13.0. The minimum atomic E-state index is 1.12. The van der Waals surface area contributed by atoms with E-state index in [4.69, 9.17) is 0 Å². The summed E-state index contributed by atoms with van der Waals surface area (Å²) in [6.07, 6.45) is 2.24. The number of hydrogen-bond acceptors (Lipinski definition) is 0. The molecule has 0 fully saturated rings. The van der Waals surface area contributed by atoms with Gasteiger partial charge in [-0.25, -0.2) is 0 Å². The molecular formula is C58H38. The first kappa shape index (κ1) is 32.9. The molecule has 0 heterocycles. The molecule has 0 aromatic heterocycles. The van der Waals surface area contributed by atoms with Gasteiger partial charge in [-0.3, -0.25) is 0 Å². The summed E-state index contributed by atoms with van der Waals surface area (Å²) in [7, 11) is 0. The summed E-state index contributed by atoms with van der Waals surface area (Å²) in [5.41, 5.74) is 15.6. The Labute approximate surface area is 338 Å². The van der Waals surface area contributed by atoms with Crippen molar-refractivity contribution in [3.05, 3.63) is 217 Å². The van der Waals surface area contributed by atoms with Crippen LogP contribution in [0.1, 0.15) is 11.1 Å². The van der Waals surface area contributed by atoms with Crippen LogP contribution in [0.3, 0.4) is 0 Å². The molecule has 0 spiro atoms. The van der Waals surface area contributed by atoms with E-state index in [-0.39, 0.29) is 0 Å². The summed E-state index contributed by atoms with van der Waals surface area (Å²) in [5.74, 6) is 0. The largest absolute Gasteiger partial charge is 0.0622 e. The van der Waals surface area contributed by atoms with Gasteiger partial charge in [0.25, 0.3) is 0 Å². The van der Waals surface area contributed by atoms with E-state index < -0.39 is 0 Å². The Morgan fingerprint density at radius 2 is 0.621 bits per heavy atom. The fraction of sp³-hybridized carbons (Fsp3) is 0.0345. The third-order valence-electron chi connectivity index (χ3n) is 12.7. The highest BCUT2D eigenvalue weighted by atomic mass is 14.3. The SMILES string of the molecule is c1ccc(-c2ccc3c(-c4ccc(-c5c6ccccc6c(-c6ccccc6)c6ccccc56)cc4)c4ccccc4c(-c4ccc5c6c(cccc46)CC5)c3c2)cc1. The smallest absolute Gasteiger partial charge is 0.00199 e. The second-order valence-corrected chi connectivity index (χ2v) is 15.8. The van der Waals surface area contributed by atoms with Gasteiger partial charge in [0.1, 0.15) is 0 Å². The molecule has 11 aromatic carbocycles. The molecule has 0 unspecified atom stereocenters. The molecule has 1 aliphatic carbocycles. The van der Waals surface area contributed by atoms with Crippen LogP contribution in [0.15, 0.2) is 206 Å². The molecule has 12 rings (SSSR count). The maximum absolute atomic E-state index is 2.44. The highest BCUT2D eigenvalue weighted by molar-refractivity contribution is 6.25. The van der Waals surface area contributed by atoms with Crippen molar-refractivity contribution in [1.29, 1.82) is 0 Å². The second-order valence-electron chi connectivity index (χ2n) is 15.8. The molecule has 0 atom stereocenters. The van der Waals surface area contributed by atoms with Crippen molar-refractivity contribution in [2.45, 2.75) is 12.8 Å². The molecule has 11 aromatic rings. The number of rotatable bonds is 5. The molecule has 0 saturated heterocycles. The normalized spacial score (nSPS) is 12.3. The number of fused-ring (bicyclic) bond motifs is 4. The van der Waals surface area contributed by atoms with Crippen LogP contribution in [0, 0.1) is 0 Å². The number of benzene rings is 11. The summed E-state index contributed by atoms with van der Waals surface area (Å²) >= 11 is 0. The van der Waals surface area contributed by atoms with E-state index in [2.05, 4.69) is 206 Å². The molecule has 0 amide bonds. The van der Waals surface area contributed by atoms with E-state index in [1.807, 2.05) is 0 Å². The Morgan fingerprint density at radius 1 is 0.224 bits per heavy atom. The van der Waals surface area contributed by atoms with Crippen molar-refractivity contribution in [1.82, 2.24) is 0 Å². The predicted octanol–water partition coefficient (Wildman–Crippen LogP) is 15.9. The Balaban J connectivity index is 1.11. The van der Waals surface area contributed by atoms with Gasteiger partial charge in [0, 0.05) is 0 Å². The summed E-state index contributed by atoms with van der Waals surface area (Å²) in [4.78, 5) is 0. The third kappa shape index (κ3) is 5.02. The van der Waals surface area contributed by atoms with Gasteiger partial charge in [0.05, 0.1) is 0 Å². The van der Waals surface area contributed by atoms with Crippen molar-refractivity contribution in [2.75, 3.05) is 0 Å². The van der Waals surface area contributed by atoms with Crippen molar-refractivity contribution in [2.24, 2.45) is 0 Å². The molecule has 270 valence electrons. The van der Waals surface area contributed by atoms with Crippen LogP contribution < -0.4 is 0 Å². The van der Waals surface area contributed by atoms with Gasteiger partial charge in [-0.2, -0.15) is 0 Å². The minimum Gasteiger partial charge on any atom is -0.0622 e. The molecule has 0 nitrogen and oxygen atoms in total. The maximum Gasteiger partial charge on any atom is -0.00199 e. The monoisotopic (exact) mass is 734 g/mol. The Hall–Kier alpha value is -7.28. The van der Waals surface area contributed by atoms with Crippen molar-refractivity contribution in [3.63, 3.8) is 0 Å². The average molecular weight is 735 g/mol. The zero-order chi connectivity index (χ0) is 38.2. The van der Waals surface area contributed by atoms with Gasteiger partial charge >= 0.3 is 0 Å². The molecule has 0 N–H and O–H groups in total. The summed E-state index contributed by atoms with van der Waals surface area (Å²) in [6, 6.07) is 76.8. The predicted molar refractivity (Wildman–Crippen MR) is 249 cm³/mol. The lowest BCUT2D eigenvalue weighted by Gasteiger charge is -2.21. The third-order valence-corrected chi connectivity index (χ3v) is 12.7.